The molecule has 3 fully saturated rings. The van der Waals surface area contributed by atoms with Crippen LogP contribution in [0.1, 0.15) is 53.4 Å². The number of nitrogens with one attached hydrogen (secondary N) is 1. The van der Waals surface area contributed by atoms with Gasteiger partial charge in [-0.15, -0.1) is 0 Å². The number of nitrogens with zero attached hydrogens (tertiary/aromatic N) is 1. The van der Waals surface area contributed by atoms with Crippen LogP contribution in [0.5, 0.6) is 0 Å². The van der Waals surface area contributed by atoms with Crippen molar-refractivity contribution in [3.8, 4) is 0 Å². The number of hydrogen-bond donors (Lipinski definition) is 1. The Hall–Kier alpha value is -1.06. The van der Waals surface area contributed by atoms with E-state index in [9.17, 15) is 9.59 Å². The van der Waals surface area contributed by atoms with Crippen LogP contribution in [-0.2, 0) is 9.59 Å². The van der Waals surface area contributed by atoms with Crippen LogP contribution in [0.4, 0.5) is 0 Å². The monoisotopic (exact) mass is 292 g/mol. The molecule has 0 aromatic heterocycles. The van der Waals surface area contributed by atoms with Crippen molar-refractivity contribution in [1.29, 1.82) is 0 Å². The number of hydrogen-bond acceptors (Lipinski definition) is 2. The molecule has 0 aromatic rings. The average molecular weight is 292 g/mol. The van der Waals surface area contributed by atoms with Gasteiger partial charge in [0.25, 0.3) is 0 Å². The molecule has 1 saturated heterocycles. The summed E-state index contributed by atoms with van der Waals surface area (Å²) < 4.78 is 0. The van der Waals surface area contributed by atoms with Crippen molar-refractivity contribution in [2.75, 3.05) is 6.54 Å². The highest BCUT2D eigenvalue weighted by atomic mass is 16.2. The van der Waals surface area contributed by atoms with E-state index in [0.29, 0.717) is 42.2 Å². The normalized spacial score (nSPS) is 36.0. The fraction of sp³-hybridized carbons (Fsp3) is 0.882. The van der Waals surface area contributed by atoms with Gasteiger partial charge in [-0.05, 0) is 37.0 Å². The number of carbonyl (C=O) groups is 2. The first-order valence-corrected chi connectivity index (χ1v) is 8.38. The van der Waals surface area contributed by atoms with Crippen molar-refractivity contribution in [3.63, 3.8) is 0 Å². The zero-order valence-corrected chi connectivity index (χ0v) is 13.7. The minimum Gasteiger partial charge on any atom is -0.355 e. The van der Waals surface area contributed by atoms with Gasteiger partial charge in [0, 0.05) is 30.5 Å². The van der Waals surface area contributed by atoms with E-state index < -0.39 is 0 Å². The third-order valence-electron chi connectivity index (χ3n) is 5.56. The standard InChI is InChI=1S/C17H28N2O2/c1-10-7-14-12(8-15(20)19(14)11-5-6-11)13(10)9-18-16(21)17(2,3)4/h10-14H,5-9H2,1-4H3,(H,18,21)/t10-,12-,13+,14+/m0/s1. The van der Waals surface area contributed by atoms with Gasteiger partial charge in [0.05, 0.1) is 0 Å². The second-order valence-electron chi connectivity index (χ2n) is 8.30. The van der Waals surface area contributed by atoms with Crippen molar-refractivity contribution < 1.29 is 9.59 Å². The zero-order chi connectivity index (χ0) is 15.4. The maximum atomic E-state index is 12.3. The third-order valence-corrected chi connectivity index (χ3v) is 5.56. The van der Waals surface area contributed by atoms with E-state index in [1.807, 2.05) is 20.8 Å². The lowest BCUT2D eigenvalue weighted by Crippen LogP contribution is -2.40. The maximum Gasteiger partial charge on any atom is 0.225 e. The first-order chi connectivity index (χ1) is 9.79. The lowest BCUT2D eigenvalue weighted by atomic mass is 9.88. The van der Waals surface area contributed by atoms with Crippen molar-refractivity contribution in [2.45, 2.75) is 65.5 Å². The van der Waals surface area contributed by atoms with Crippen molar-refractivity contribution in [2.24, 2.45) is 23.2 Å². The van der Waals surface area contributed by atoms with Crippen LogP contribution in [0.15, 0.2) is 0 Å². The van der Waals surface area contributed by atoms with E-state index in [1.165, 1.54) is 12.8 Å². The van der Waals surface area contributed by atoms with Gasteiger partial charge in [-0.2, -0.15) is 0 Å². The molecule has 0 radical (unpaired) electrons. The molecule has 1 N–H and O–H groups in total. The predicted octanol–water partition coefficient (Wildman–Crippen LogP) is 2.18. The van der Waals surface area contributed by atoms with Crippen molar-refractivity contribution in [1.82, 2.24) is 10.2 Å². The molecule has 3 rings (SSSR count). The van der Waals surface area contributed by atoms with Gasteiger partial charge in [-0.25, -0.2) is 0 Å². The Morgan fingerprint density at radius 3 is 2.57 bits per heavy atom. The first kappa shape index (κ1) is 14.9. The molecule has 1 aliphatic heterocycles. The third kappa shape index (κ3) is 2.69. The number of carbonyl (C=O) groups excluding carboxylic acids is 2. The number of likely N-dealkylation sites (tertiary alicyclic amines) is 1. The van der Waals surface area contributed by atoms with Gasteiger partial charge >= 0.3 is 0 Å². The predicted molar refractivity (Wildman–Crippen MR) is 81.5 cm³/mol. The molecule has 0 aromatic carbocycles. The van der Waals surface area contributed by atoms with Gasteiger partial charge in [0.1, 0.15) is 0 Å². The van der Waals surface area contributed by atoms with E-state index in [-0.39, 0.29) is 11.3 Å². The van der Waals surface area contributed by atoms with Crippen LogP contribution >= 0.6 is 0 Å². The zero-order valence-electron chi connectivity index (χ0n) is 13.7. The van der Waals surface area contributed by atoms with E-state index in [1.54, 1.807) is 0 Å². The molecular formula is C17H28N2O2. The Bertz CT molecular complexity index is 450. The molecule has 4 atom stereocenters. The Kier molecular flexibility index (Phi) is 3.53. The Morgan fingerprint density at radius 2 is 2.00 bits per heavy atom. The molecule has 0 bridgehead atoms. The summed E-state index contributed by atoms with van der Waals surface area (Å²) in [5.41, 5.74) is -0.340. The summed E-state index contributed by atoms with van der Waals surface area (Å²) in [5, 5.41) is 3.11. The molecule has 2 amide bonds. The SMILES string of the molecule is C[C@H]1C[C@@H]2[C@@H](CC(=O)N2C2CC2)[C@@H]1CNC(=O)C(C)(C)C. The number of rotatable bonds is 3. The molecule has 4 heteroatoms. The second kappa shape index (κ2) is 4.99. The summed E-state index contributed by atoms with van der Waals surface area (Å²) >= 11 is 0. The largest absolute Gasteiger partial charge is 0.355 e. The Labute approximate surface area is 127 Å². The van der Waals surface area contributed by atoms with E-state index in [2.05, 4.69) is 17.1 Å². The van der Waals surface area contributed by atoms with Crippen molar-refractivity contribution >= 4 is 11.8 Å². The molecule has 4 nitrogen and oxygen atoms in total. The van der Waals surface area contributed by atoms with E-state index in [0.717, 1.165) is 13.0 Å². The van der Waals surface area contributed by atoms with Gasteiger partial charge in [-0.3, -0.25) is 9.59 Å². The van der Waals surface area contributed by atoms with Crippen LogP contribution in [-0.4, -0.2) is 35.3 Å². The molecular weight excluding hydrogens is 264 g/mol. The second-order valence-corrected chi connectivity index (χ2v) is 8.30. The van der Waals surface area contributed by atoms with Crippen LogP contribution in [0, 0.1) is 23.2 Å². The van der Waals surface area contributed by atoms with Gasteiger partial charge in [0.2, 0.25) is 11.8 Å². The summed E-state index contributed by atoms with van der Waals surface area (Å²) in [6, 6.07) is 0.971. The highest BCUT2D eigenvalue weighted by molar-refractivity contribution is 5.81. The fourth-order valence-electron chi connectivity index (χ4n) is 4.19. The van der Waals surface area contributed by atoms with Gasteiger partial charge in [-0.1, -0.05) is 27.7 Å². The van der Waals surface area contributed by atoms with Crippen LogP contribution in [0.3, 0.4) is 0 Å². The van der Waals surface area contributed by atoms with Crippen molar-refractivity contribution in [3.05, 3.63) is 0 Å². The molecule has 2 aliphatic carbocycles. The lowest BCUT2D eigenvalue weighted by molar-refractivity contribution is -0.129. The number of amides is 2. The van der Waals surface area contributed by atoms with Crippen LogP contribution in [0.25, 0.3) is 0 Å². The van der Waals surface area contributed by atoms with E-state index >= 15 is 0 Å². The Morgan fingerprint density at radius 1 is 1.33 bits per heavy atom. The molecule has 1 heterocycles. The smallest absolute Gasteiger partial charge is 0.225 e. The van der Waals surface area contributed by atoms with E-state index in [4.69, 9.17) is 0 Å². The average Bonchev–Trinajstić information content (AvgIpc) is 3.08. The first-order valence-electron chi connectivity index (χ1n) is 8.38. The summed E-state index contributed by atoms with van der Waals surface area (Å²) in [7, 11) is 0. The molecule has 0 spiro atoms. The quantitative estimate of drug-likeness (QED) is 0.867. The molecule has 2 saturated carbocycles. The summed E-state index contributed by atoms with van der Waals surface area (Å²) in [5.74, 6) is 1.96. The molecule has 3 aliphatic rings. The lowest BCUT2D eigenvalue weighted by Gasteiger charge is -2.25. The summed E-state index contributed by atoms with van der Waals surface area (Å²) in [6.45, 7) is 8.83. The summed E-state index contributed by atoms with van der Waals surface area (Å²) in [6.07, 6.45) is 4.19. The molecule has 0 unspecified atom stereocenters. The minimum atomic E-state index is -0.340. The molecule has 118 valence electrons. The minimum absolute atomic E-state index is 0.113. The number of fused-ring (bicyclic) bond motifs is 1. The maximum absolute atomic E-state index is 12.3. The summed E-state index contributed by atoms with van der Waals surface area (Å²) in [4.78, 5) is 26.5. The molecule has 21 heavy (non-hydrogen) atoms. The van der Waals surface area contributed by atoms with Gasteiger partial charge < -0.3 is 10.2 Å². The van der Waals surface area contributed by atoms with Crippen LogP contribution in [0.2, 0.25) is 0 Å². The topological polar surface area (TPSA) is 49.4 Å². The fourth-order valence-corrected chi connectivity index (χ4v) is 4.19. The van der Waals surface area contributed by atoms with Crippen LogP contribution < -0.4 is 5.32 Å². The Balaban J connectivity index is 1.64. The van der Waals surface area contributed by atoms with Gasteiger partial charge in [0.15, 0.2) is 0 Å². The highest BCUT2D eigenvalue weighted by Gasteiger charge is 2.53. The highest BCUT2D eigenvalue weighted by Crippen LogP contribution is 2.49.